The van der Waals surface area contributed by atoms with E-state index in [1.165, 1.54) is 49.6 Å². The maximum absolute atomic E-state index is 13.1. The highest BCUT2D eigenvalue weighted by Gasteiger charge is 2.32. The number of benzene rings is 3. The van der Waals surface area contributed by atoms with Crippen LogP contribution in [-0.4, -0.2) is 79.6 Å². The Morgan fingerprint density at radius 2 is 1.57 bits per heavy atom. The molecule has 2 N–H and O–H groups in total. The molecule has 0 aliphatic carbocycles. The van der Waals surface area contributed by atoms with Crippen LogP contribution in [-0.2, 0) is 43.3 Å². The molecule has 0 radical (unpaired) electrons. The molecular formula is C33H40ClF2N3O7S. The number of hydrogen-bond acceptors (Lipinski definition) is 8. The van der Waals surface area contributed by atoms with E-state index in [-0.39, 0.29) is 59.6 Å². The quantitative estimate of drug-likeness (QED) is 0.214. The minimum atomic E-state index is -4.29. The summed E-state index contributed by atoms with van der Waals surface area (Å²) in [5.41, 5.74) is 2.10. The van der Waals surface area contributed by atoms with Gasteiger partial charge in [0.1, 0.15) is 29.2 Å². The van der Waals surface area contributed by atoms with Crippen LogP contribution in [0.3, 0.4) is 0 Å². The van der Waals surface area contributed by atoms with E-state index in [0.717, 1.165) is 11.1 Å². The monoisotopic (exact) mass is 695 g/mol. The molecule has 3 aromatic rings. The van der Waals surface area contributed by atoms with E-state index in [1.54, 1.807) is 36.1 Å². The molecular weight excluding hydrogens is 656 g/mol. The normalized spacial score (nSPS) is 17.3. The number of carbonyl (C=O) groups excluding carboxylic acids is 2. The molecule has 0 saturated carbocycles. The van der Waals surface area contributed by atoms with Gasteiger partial charge in [-0.3, -0.25) is 19.0 Å². The molecule has 1 fully saturated rings. The van der Waals surface area contributed by atoms with Gasteiger partial charge < -0.3 is 19.7 Å². The predicted molar refractivity (Wildman–Crippen MR) is 174 cm³/mol. The van der Waals surface area contributed by atoms with Crippen molar-refractivity contribution < 1.29 is 40.8 Å². The zero-order valence-electron chi connectivity index (χ0n) is 26.7. The number of nitrogens with zero attached hydrogens (tertiary/aromatic N) is 2. The molecule has 1 aliphatic heterocycles. The van der Waals surface area contributed by atoms with E-state index >= 15 is 0 Å². The Hall–Kier alpha value is -3.62. The van der Waals surface area contributed by atoms with Gasteiger partial charge in [0.25, 0.3) is 16.0 Å². The molecule has 3 atom stereocenters. The minimum Gasteiger partial charge on any atom is -0.483 e. The smallest absolute Gasteiger partial charge is 0.322 e. The Bertz CT molecular complexity index is 1590. The van der Waals surface area contributed by atoms with Gasteiger partial charge in [-0.2, -0.15) is 8.42 Å². The SMILES string of the molecule is COC(=O)[C@H](C)NCc1ccc(F)cc1.C[C@@H]1CN(Cc2ccc(F)cc2)[C@@H](C)CN1C(=O)COc1ccc(Cl)cc1CS(=O)(=O)O. The van der Waals surface area contributed by atoms with E-state index in [4.69, 9.17) is 20.9 Å². The van der Waals surface area contributed by atoms with Gasteiger partial charge in [0, 0.05) is 48.8 Å². The van der Waals surface area contributed by atoms with Crippen LogP contribution < -0.4 is 10.1 Å². The maximum Gasteiger partial charge on any atom is 0.322 e. The Labute approximate surface area is 279 Å². The average Bonchev–Trinajstić information content (AvgIpc) is 3.02. The van der Waals surface area contributed by atoms with Crippen LogP contribution in [0.1, 0.15) is 37.5 Å². The molecule has 10 nitrogen and oxygen atoms in total. The second kappa shape index (κ2) is 17.5. The molecule has 0 bridgehead atoms. The van der Waals surface area contributed by atoms with Gasteiger partial charge >= 0.3 is 5.97 Å². The van der Waals surface area contributed by atoms with Crippen molar-refractivity contribution in [3.8, 4) is 5.75 Å². The van der Waals surface area contributed by atoms with Crippen LogP contribution in [0.4, 0.5) is 8.78 Å². The van der Waals surface area contributed by atoms with Gasteiger partial charge in [0.05, 0.1) is 7.11 Å². The van der Waals surface area contributed by atoms with Crippen LogP contribution >= 0.6 is 11.6 Å². The fourth-order valence-corrected chi connectivity index (χ4v) is 5.76. The number of amides is 1. The molecule has 1 aliphatic rings. The summed E-state index contributed by atoms with van der Waals surface area (Å²) in [5.74, 6) is -1.55. The number of methoxy groups -OCH3 is 1. The van der Waals surface area contributed by atoms with Gasteiger partial charge in [-0.15, -0.1) is 0 Å². The Kier molecular flexibility index (Phi) is 14.1. The fraction of sp³-hybridized carbons (Fsp3) is 0.394. The first kappa shape index (κ1) is 37.8. The molecule has 3 aromatic carbocycles. The lowest BCUT2D eigenvalue weighted by Crippen LogP contribution is -2.58. The Morgan fingerprint density at radius 1 is 0.979 bits per heavy atom. The first-order valence-electron chi connectivity index (χ1n) is 14.8. The van der Waals surface area contributed by atoms with E-state index < -0.39 is 15.9 Å². The zero-order chi connectivity index (χ0) is 34.7. The fourth-order valence-electron chi connectivity index (χ4n) is 4.94. The zero-order valence-corrected chi connectivity index (χ0v) is 28.2. The molecule has 4 rings (SSSR count). The van der Waals surface area contributed by atoms with Crippen molar-refractivity contribution in [2.24, 2.45) is 0 Å². The maximum atomic E-state index is 13.1. The first-order valence-corrected chi connectivity index (χ1v) is 16.8. The molecule has 0 aromatic heterocycles. The summed E-state index contributed by atoms with van der Waals surface area (Å²) in [6.45, 7) is 7.75. The van der Waals surface area contributed by atoms with Crippen LogP contribution in [0.25, 0.3) is 0 Å². The molecule has 1 amide bonds. The predicted octanol–water partition coefficient (Wildman–Crippen LogP) is 4.84. The first-order chi connectivity index (χ1) is 22.1. The lowest BCUT2D eigenvalue weighted by molar-refractivity contribution is -0.142. The molecule has 14 heteroatoms. The third-order valence-electron chi connectivity index (χ3n) is 7.53. The van der Waals surface area contributed by atoms with Crippen LogP contribution in [0.5, 0.6) is 5.75 Å². The summed E-state index contributed by atoms with van der Waals surface area (Å²) in [5, 5.41) is 3.27. The average molecular weight is 696 g/mol. The van der Waals surface area contributed by atoms with Gasteiger partial charge in [-0.1, -0.05) is 35.9 Å². The topological polar surface area (TPSA) is 125 Å². The summed E-state index contributed by atoms with van der Waals surface area (Å²) in [7, 11) is -2.94. The molecule has 47 heavy (non-hydrogen) atoms. The minimum absolute atomic E-state index is 0.0646. The second-order valence-electron chi connectivity index (χ2n) is 11.3. The van der Waals surface area contributed by atoms with E-state index in [9.17, 15) is 26.8 Å². The standard InChI is InChI=1S/C22H26ClFN2O5S.C11H14FNO2/c1-15-11-26(16(2)10-25(15)12-17-3-6-20(24)7-4-17)22(27)13-31-21-8-5-19(23)9-18(21)14-32(28,29)30;1-8(11(14)15-2)13-7-9-3-5-10(12)6-4-9/h3-9,15-16H,10-14H2,1-2H3,(H,28,29,30);3-6,8,13H,7H2,1-2H3/t15-,16+;8-/m00/s1. The number of carbonyl (C=O) groups is 2. The highest BCUT2D eigenvalue weighted by Crippen LogP contribution is 2.25. The van der Waals surface area contributed by atoms with Gasteiger partial charge in [0.15, 0.2) is 6.61 Å². The van der Waals surface area contributed by atoms with Crippen LogP contribution in [0, 0.1) is 11.6 Å². The van der Waals surface area contributed by atoms with E-state index in [1.807, 2.05) is 13.8 Å². The van der Waals surface area contributed by atoms with Crippen molar-refractivity contribution in [1.29, 1.82) is 0 Å². The van der Waals surface area contributed by atoms with Gasteiger partial charge in [-0.25, -0.2) is 8.78 Å². The number of ether oxygens (including phenoxy) is 2. The summed E-state index contributed by atoms with van der Waals surface area (Å²) < 4.78 is 67.6. The number of esters is 1. The van der Waals surface area contributed by atoms with Crippen molar-refractivity contribution in [1.82, 2.24) is 15.1 Å². The lowest BCUT2D eigenvalue weighted by atomic mass is 10.1. The molecule has 0 unspecified atom stereocenters. The highest BCUT2D eigenvalue weighted by molar-refractivity contribution is 7.85. The van der Waals surface area contributed by atoms with E-state index in [2.05, 4.69) is 15.0 Å². The third-order valence-corrected chi connectivity index (χ3v) is 8.44. The van der Waals surface area contributed by atoms with Gasteiger partial charge in [0.2, 0.25) is 0 Å². The number of rotatable bonds is 11. The van der Waals surface area contributed by atoms with Crippen LogP contribution in [0.2, 0.25) is 5.02 Å². The van der Waals surface area contributed by atoms with Crippen molar-refractivity contribution in [3.05, 3.63) is 100 Å². The number of hydrogen-bond donors (Lipinski definition) is 2. The number of halogens is 3. The van der Waals surface area contributed by atoms with Crippen molar-refractivity contribution in [2.75, 3.05) is 26.8 Å². The molecule has 0 spiro atoms. The van der Waals surface area contributed by atoms with Crippen molar-refractivity contribution in [3.63, 3.8) is 0 Å². The molecule has 1 heterocycles. The lowest BCUT2D eigenvalue weighted by Gasteiger charge is -2.44. The van der Waals surface area contributed by atoms with E-state index in [0.29, 0.717) is 31.2 Å². The molecule has 256 valence electrons. The van der Waals surface area contributed by atoms with Crippen LogP contribution in [0.15, 0.2) is 66.7 Å². The molecule has 1 saturated heterocycles. The summed E-state index contributed by atoms with van der Waals surface area (Å²) in [4.78, 5) is 27.9. The van der Waals surface area contributed by atoms with Crippen molar-refractivity contribution in [2.45, 2.75) is 57.7 Å². The van der Waals surface area contributed by atoms with Crippen molar-refractivity contribution >= 4 is 33.6 Å². The van der Waals surface area contributed by atoms with Gasteiger partial charge in [-0.05, 0) is 74.4 Å². The summed E-state index contributed by atoms with van der Waals surface area (Å²) in [6.07, 6.45) is 0. The number of nitrogens with one attached hydrogen (secondary N) is 1. The Morgan fingerprint density at radius 3 is 2.15 bits per heavy atom. The number of piperazine rings is 1. The summed E-state index contributed by atoms with van der Waals surface area (Å²) in [6, 6.07) is 16.6. The largest absolute Gasteiger partial charge is 0.483 e. The third kappa shape index (κ3) is 12.5. The second-order valence-corrected chi connectivity index (χ2v) is 13.2. The summed E-state index contributed by atoms with van der Waals surface area (Å²) >= 11 is 5.91. The highest BCUT2D eigenvalue weighted by atomic mass is 35.5. The Balaban J connectivity index is 0.000000335.